The number of aryl methyl sites for hydroxylation is 2. The van der Waals surface area contributed by atoms with Gasteiger partial charge in [-0.3, -0.25) is 4.79 Å². The van der Waals surface area contributed by atoms with Crippen LogP contribution < -0.4 is 5.32 Å². The van der Waals surface area contributed by atoms with E-state index in [1.54, 1.807) is 0 Å². The molecule has 120 valence electrons. The lowest BCUT2D eigenvalue weighted by molar-refractivity contribution is -0.128. The quantitative estimate of drug-likeness (QED) is 0.806. The number of amides is 1. The van der Waals surface area contributed by atoms with E-state index in [-0.39, 0.29) is 11.9 Å². The number of rotatable bonds is 3. The Labute approximate surface area is 138 Å². The highest BCUT2D eigenvalue weighted by molar-refractivity contribution is 6.35. The minimum Gasteiger partial charge on any atom is -0.348 e. The second-order valence-corrected chi connectivity index (χ2v) is 8.01. The minimum absolute atomic E-state index is 0.00387. The number of hydrogen-bond acceptors (Lipinski definition) is 1. The van der Waals surface area contributed by atoms with E-state index >= 15 is 0 Å². The fourth-order valence-electron chi connectivity index (χ4n) is 4.39. The molecule has 3 aliphatic rings. The Morgan fingerprint density at radius 2 is 1.95 bits per heavy atom. The zero-order chi connectivity index (χ0) is 15.9. The van der Waals surface area contributed by atoms with E-state index in [9.17, 15) is 4.79 Å². The van der Waals surface area contributed by atoms with Crippen LogP contribution in [0.2, 0.25) is 0 Å². The first kappa shape index (κ1) is 15.9. The molecule has 2 bridgehead atoms. The maximum absolute atomic E-state index is 12.8. The first-order valence-corrected chi connectivity index (χ1v) is 8.85. The molecule has 0 spiro atoms. The molecule has 4 rings (SSSR count). The highest BCUT2D eigenvalue weighted by atomic mass is 35.5. The molecule has 0 aliphatic heterocycles. The first-order chi connectivity index (χ1) is 10.4. The van der Waals surface area contributed by atoms with Crippen molar-refractivity contribution >= 4 is 17.5 Å². The number of nitrogens with one attached hydrogen (secondary N) is 1. The van der Waals surface area contributed by atoms with E-state index in [0.717, 1.165) is 19.3 Å². The van der Waals surface area contributed by atoms with Crippen LogP contribution in [0.25, 0.3) is 0 Å². The Balaban J connectivity index is 1.73. The number of carbonyl (C=O) groups excluding carboxylic acids is 1. The molecule has 1 aromatic rings. The summed E-state index contributed by atoms with van der Waals surface area (Å²) < 4.78 is 0. The molecule has 2 nitrogen and oxygen atoms in total. The second kappa shape index (κ2) is 5.88. The third-order valence-corrected chi connectivity index (χ3v) is 6.33. The molecule has 0 saturated heterocycles. The summed E-state index contributed by atoms with van der Waals surface area (Å²) in [6, 6.07) is 6.38. The van der Waals surface area contributed by atoms with Crippen LogP contribution in [0.3, 0.4) is 0 Å². The van der Waals surface area contributed by atoms with Gasteiger partial charge in [0.2, 0.25) is 5.91 Å². The maximum atomic E-state index is 12.8. The van der Waals surface area contributed by atoms with Crippen LogP contribution >= 0.6 is 11.6 Å². The molecule has 22 heavy (non-hydrogen) atoms. The molecule has 1 aromatic carbocycles. The van der Waals surface area contributed by atoms with Crippen LogP contribution in [0, 0.1) is 25.7 Å². The summed E-state index contributed by atoms with van der Waals surface area (Å²) in [5, 5.41) is 3.18. The van der Waals surface area contributed by atoms with Crippen LogP contribution in [0.4, 0.5) is 0 Å². The zero-order valence-electron chi connectivity index (χ0n) is 13.8. The van der Waals surface area contributed by atoms with Gasteiger partial charge in [0.05, 0.1) is 6.04 Å². The van der Waals surface area contributed by atoms with Crippen molar-refractivity contribution in [3.05, 3.63) is 34.9 Å². The predicted molar refractivity (Wildman–Crippen MR) is 91.1 cm³/mol. The maximum Gasteiger partial charge on any atom is 0.241 e. The fraction of sp³-hybridized carbons (Fsp3) is 0.632. The standard InChI is InChI=1S/C19H26ClNO/c1-12-4-9-17(13(2)10-12)14(3)21-18(22)19(20)11-15-5-7-16(19)8-6-15/h4,9-10,14-16H,5-8,11H2,1-3H3,(H,21,22). The first-order valence-electron chi connectivity index (χ1n) is 8.47. The largest absolute Gasteiger partial charge is 0.348 e. The molecular weight excluding hydrogens is 294 g/mol. The Hall–Kier alpha value is -1.02. The number of alkyl halides is 1. The van der Waals surface area contributed by atoms with Gasteiger partial charge in [0.1, 0.15) is 4.87 Å². The van der Waals surface area contributed by atoms with Crippen LogP contribution in [0.1, 0.15) is 61.8 Å². The van der Waals surface area contributed by atoms with Crippen molar-refractivity contribution in [2.75, 3.05) is 0 Å². The molecular formula is C19H26ClNO. The molecule has 2 unspecified atom stereocenters. The second-order valence-electron chi connectivity index (χ2n) is 7.34. The Bertz CT molecular complexity index is 577. The molecule has 3 heteroatoms. The summed E-state index contributed by atoms with van der Waals surface area (Å²) in [6.45, 7) is 6.24. The van der Waals surface area contributed by atoms with Crippen molar-refractivity contribution in [2.24, 2.45) is 11.8 Å². The van der Waals surface area contributed by atoms with Crippen LogP contribution in [-0.4, -0.2) is 10.8 Å². The van der Waals surface area contributed by atoms with Gasteiger partial charge in [0.25, 0.3) is 0 Å². The van der Waals surface area contributed by atoms with Gasteiger partial charge >= 0.3 is 0 Å². The van der Waals surface area contributed by atoms with E-state index in [2.05, 4.69) is 44.3 Å². The van der Waals surface area contributed by atoms with Gasteiger partial charge in [-0.1, -0.05) is 36.6 Å². The lowest BCUT2D eigenvalue weighted by Gasteiger charge is -2.47. The molecule has 0 aromatic heterocycles. The zero-order valence-corrected chi connectivity index (χ0v) is 14.5. The lowest BCUT2D eigenvalue weighted by Crippen LogP contribution is -2.54. The molecule has 2 atom stereocenters. The summed E-state index contributed by atoms with van der Waals surface area (Å²) in [6.07, 6.45) is 5.57. The smallest absolute Gasteiger partial charge is 0.241 e. The topological polar surface area (TPSA) is 29.1 Å². The molecule has 3 saturated carbocycles. The molecule has 1 amide bonds. The third kappa shape index (κ3) is 2.78. The Kier molecular flexibility index (Phi) is 4.24. The van der Waals surface area contributed by atoms with Gasteiger partial charge in [-0.2, -0.15) is 0 Å². The van der Waals surface area contributed by atoms with E-state index in [4.69, 9.17) is 11.6 Å². The fourth-order valence-corrected chi connectivity index (χ4v) is 4.89. The number of carbonyl (C=O) groups is 1. The van der Waals surface area contributed by atoms with Crippen LogP contribution in [-0.2, 0) is 4.79 Å². The van der Waals surface area contributed by atoms with Crippen molar-refractivity contribution in [1.29, 1.82) is 0 Å². The summed E-state index contributed by atoms with van der Waals surface area (Å²) in [4.78, 5) is 12.2. The van der Waals surface area contributed by atoms with Crippen molar-refractivity contribution in [1.82, 2.24) is 5.32 Å². The van der Waals surface area contributed by atoms with E-state index < -0.39 is 4.87 Å². The van der Waals surface area contributed by atoms with Crippen molar-refractivity contribution in [3.63, 3.8) is 0 Å². The highest BCUT2D eigenvalue weighted by Gasteiger charge is 2.51. The van der Waals surface area contributed by atoms with Crippen molar-refractivity contribution < 1.29 is 4.79 Å². The molecule has 3 aliphatic carbocycles. The summed E-state index contributed by atoms with van der Waals surface area (Å²) in [5.41, 5.74) is 3.65. The molecule has 1 N–H and O–H groups in total. The van der Waals surface area contributed by atoms with Crippen molar-refractivity contribution in [2.45, 2.75) is 63.8 Å². The predicted octanol–water partition coefficient (Wildman–Crippen LogP) is 4.67. The van der Waals surface area contributed by atoms with Gasteiger partial charge in [0.15, 0.2) is 0 Å². The lowest BCUT2D eigenvalue weighted by atomic mass is 9.64. The number of benzene rings is 1. The molecule has 3 fully saturated rings. The summed E-state index contributed by atoms with van der Waals surface area (Å²) in [5.74, 6) is 1.03. The minimum atomic E-state index is -0.673. The highest BCUT2D eigenvalue weighted by Crippen LogP contribution is 2.51. The Morgan fingerprint density at radius 3 is 2.50 bits per heavy atom. The SMILES string of the molecule is Cc1ccc(C(C)NC(=O)C2(Cl)CC3CCC2CC3)c(C)c1. The van der Waals surface area contributed by atoms with E-state index in [1.807, 2.05) is 0 Å². The van der Waals surface area contributed by atoms with Crippen LogP contribution in [0.5, 0.6) is 0 Å². The van der Waals surface area contributed by atoms with E-state index in [1.165, 1.54) is 29.5 Å². The molecule has 0 heterocycles. The monoisotopic (exact) mass is 319 g/mol. The van der Waals surface area contributed by atoms with Gasteiger partial charge in [-0.05, 0) is 63.0 Å². The Morgan fingerprint density at radius 1 is 1.27 bits per heavy atom. The van der Waals surface area contributed by atoms with Gasteiger partial charge in [-0.15, -0.1) is 11.6 Å². The van der Waals surface area contributed by atoms with Gasteiger partial charge in [0, 0.05) is 0 Å². The molecule has 0 radical (unpaired) electrons. The third-order valence-electron chi connectivity index (χ3n) is 5.70. The van der Waals surface area contributed by atoms with Crippen molar-refractivity contribution in [3.8, 4) is 0 Å². The average Bonchev–Trinajstić information content (AvgIpc) is 2.47. The van der Waals surface area contributed by atoms with Gasteiger partial charge in [-0.25, -0.2) is 0 Å². The number of halogens is 1. The summed E-state index contributed by atoms with van der Waals surface area (Å²) in [7, 11) is 0. The number of fused-ring (bicyclic) bond motifs is 3. The number of hydrogen-bond donors (Lipinski definition) is 1. The van der Waals surface area contributed by atoms with Gasteiger partial charge < -0.3 is 5.32 Å². The van der Waals surface area contributed by atoms with E-state index in [0.29, 0.717) is 11.8 Å². The average molecular weight is 320 g/mol. The summed E-state index contributed by atoms with van der Waals surface area (Å²) >= 11 is 6.81. The normalized spacial score (nSPS) is 31.8. The van der Waals surface area contributed by atoms with Crippen LogP contribution in [0.15, 0.2) is 18.2 Å².